The van der Waals surface area contributed by atoms with Gasteiger partial charge < -0.3 is 15.8 Å². The summed E-state index contributed by atoms with van der Waals surface area (Å²) in [6, 6.07) is 8.19. The molecule has 22 heavy (non-hydrogen) atoms. The summed E-state index contributed by atoms with van der Waals surface area (Å²) in [5.41, 5.74) is 5.32. The minimum atomic E-state index is -1.22. The first-order chi connectivity index (χ1) is 10.6. The van der Waals surface area contributed by atoms with Crippen LogP contribution in [0.5, 0.6) is 0 Å². The van der Waals surface area contributed by atoms with E-state index in [2.05, 4.69) is 5.32 Å². The fraction of sp³-hybridized carbons (Fsp3) is 0.467. The molecule has 0 radical (unpaired) electrons. The molecule has 2 rings (SSSR count). The number of hydrogen-bond acceptors (Lipinski definition) is 4. The van der Waals surface area contributed by atoms with Crippen molar-refractivity contribution in [3.8, 4) is 0 Å². The molecular formula is C15H20N2O4S. The number of nitrogens with one attached hydrogen (secondary N) is 1. The van der Waals surface area contributed by atoms with E-state index in [-0.39, 0.29) is 24.0 Å². The number of carbonyl (C=O) groups is 2. The quantitative estimate of drug-likeness (QED) is 0.748. The molecule has 0 saturated carbocycles. The zero-order valence-electron chi connectivity index (χ0n) is 12.2. The van der Waals surface area contributed by atoms with Crippen LogP contribution in [0.25, 0.3) is 0 Å². The van der Waals surface area contributed by atoms with Crippen LogP contribution in [-0.4, -0.2) is 41.0 Å². The first-order valence-corrected chi connectivity index (χ1v) is 8.50. The summed E-state index contributed by atoms with van der Waals surface area (Å²) in [6.45, 7) is 0.921. The van der Waals surface area contributed by atoms with Crippen LogP contribution in [0.1, 0.15) is 12.8 Å². The van der Waals surface area contributed by atoms with Gasteiger partial charge in [-0.25, -0.2) is 0 Å². The molecule has 120 valence electrons. The third kappa shape index (κ3) is 4.64. The van der Waals surface area contributed by atoms with Crippen LogP contribution in [0.3, 0.4) is 0 Å². The number of hydrogen-bond donors (Lipinski definition) is 2. The van der Waals surface area contributed by atoms with Gasteiger partial charge >= 0.3 is 0 Å². The van der Waals surface area contributed by atoms with Gasteiger partial charge in [0.25, 0.3) is 0 Å². The van der Waals surface area contributed by atoms with Crippen LogP contribution in [0.15, 0.2) is 35.2 Å². The average Bonchev–Trinajstić information content (AvgIpc) is 3.06. The molecule has 1 aromatic rings. The van der Waals surface area contributed by atoms with E-state index in [0.29, 0.717) is 24.5 Å². The molecule has 1 aliphatic heterocycles. The highest BCUT2D eigenvalue weighted by atomic mass is 32.2. The predicted molar refractivity (Wildman–Crippen MR) is 82.4 cm³/mol. The highest BCUT2D eigenvalue weighted by Crippen LogP contribution is 2.13. The van der Waals surface area contributed by atoms with Gasteiger partial charge in [-0.15, -0.1) is 0 Å². The van der Waals surface area contributed by atoms with E-state index in [0.717, 1.165) is 0 Å². The first kappa shape index (κ1) is 16.6. The second kappa shape index (κ2) is 8.05. The number of primary amides is 1. The topological polar surface area (TPSA) is 98.5 Å². The van der Waals surface area contributed by atoms with Crippen molar-refractivity contribution in [1.29, 1.82) is 0 Å². The molecule has 1 fully saturated rings. The van der Waals surface area contributed by atoms with Crippen molar-refractivity contribution in [3.05, 3.63) is 30.3 Å². The normalized spacial score (nSPS) is 20.3. The number of amides is 2. The fourth-order valence-corrected chi connectivity index (χ4v) is 3.38. The van der Waals surface area contributed by atoms with Crippen LogP contribution in [0, 0.1) is 5.92 Å². The Morgan fingerprint density at radius 3 is 2.68 bits per heavy atom. The van der Waals surface area contributed by atoms with Gasteiger partial charge in [0.2, 0.25) is 11.8 Å². The van der Waals surface area contributed by atoms with Gasteiger partial charge in [0.05, 0.1) is 23.3 Å². The molecule has 0 bridgehead atoms. The first-order valence-electron chi connectivity index (χ1n) is 7.19. The Bertz CT molecular complexity index is 544. The molecule has 0 spiro atoms. The van der Waals surface area contributed by atoms with Gasteiger partial charge in [-0.05, 0) is 25.0 Å². The largest absolute Gasteiger partial charge is 0.381 e. The van der Waals surface area contributed by atoms with Crippen LogP contribution < -0.4 is 11.1 Å². The van der Waals surface area contributed by atoms with Gasteiger partial charge in [0.1, 0.15) is 6.04 Å². The Balaban J connectivity index is 1.87. The molecule has 6 nitrogen and oxygen atoms in total. The van der Waals surface area contributed by atoms with Gasteiger partial charge in [0, 0.05) is 17.3 Å². The summed E-state index contributed by atoms with van der Waals surface area (Å²) in [4.78, 5) is 24.2. The van der Waals surface area contributed by atoms with Crippen LogP contribution in [0.2, 0.25) is 0 Å². The van der Waals surface area contributed by atoms with Gasteiger partial charge in [-0.1, -0.05) is 18.2 Å². The van der Waals surface area contributed by atoms with E-state index in [9.17, 15) is 13.8 Å². The van der Waals surface area contributed by atoms with Crippen molar-refractivity contribution < 1.29 is 18.5 Å². The van der Waals surface area contributed by atoms with E-state index < -0.39 is 22.7 Å². The standard InChI is InChI=1S/C15H20N2O4S/c16-14(18)13(17-15(19)11-6-8-21-10-11)7-9-22(20)12-4-2-1-3-5-12/h1-5,11,13H,6-10H2,(H2,16,18)(H,17,19)/t11-,13+,22+/m1/s1. The third-order valence-electron chi connectivity index (χ3n) is 3.56. The molecule has 0 aromatic heterocycles. The lowest BCUT2D eigenvalue weighted by Crippen LogP contribution is -2.47. The molecule has 7 heteroatoms. The summed E-state index contributed by atoms with van der Waals surface area (Å²) < 4.78 is 17.3. The Morgan fingerprint density at radius 2 is 2.09 bits per heavy atom. The molecule has 3 N–H and O–H groups in total. The molecule has 0 unspecified atom stereocenters. The monoisotopic (exact) mass is 324 g/mol. The summed E-state index contributed by atoms with van der Waals surface area (Å²) in [7, 11) is -1.22. The highest BCUT2D eigenvalue weighted by Gasteiger charge is 2.27. The summed E-state index contributed by atoms with van der Waals surface area (Å²) >= 11 is 0. The molecule has 0 aliphatic carbocycles. The molecular weight excluding hydrogens is 304 g/mol. The van der Waals surface area contributed by atoms with E-state index in [1.54, 1.807) is 24.3 Å². The van der Waals surface area contributed by atoms with Crippen molar-refractivity contribution in [2.45, 2.75) is 23.8 Å². The summed E-state index contributed by atoms with van der Waals surface area (Å²) in [5, 5.41) is 2.64. The van der Waals surface area contributed by atoms with E-state index in [1.807, 2.05) is 6.07 Å². The van der Waals surface area contributed by atoms with Crippen LogP contribution >= 0.6 is 0 Å². The van der Waals surface area contributed by atoms with Crippen molar-refractivity contribution >= 4 is 22.6 Å². The smallest absolute Gasteiger partial charge is 0.240 e. The molecule has 3 atom stereocenters. The van der Waals surface area contributed by atoms with Crippen molar-refractivity contribution in [1.82, 2.24) is 5.32 Å². The van der Waals surface area contributed by atoms with Crippen LogP contribution in [-0.2, 0) is 25.1 Å². The minimum absolute atomic E-state index is 0.230. The van der Waals surface area contributed by atoms with Gasteiger partial charge in [-0.2, -0.15) is 0 Å². The molecule has 1 aliphatic rings. The number of ether oxygens (including phenoxy) is 1. The Morgan fingerprint density at radius 1 is 1.36 bits per heavy atom. The SMILES string of the molecule is NC(=O)[C@H](CC[S@](=O)c1ccccc1)NC(=O)[C@@H]1CCOC1. The summed E-state index contributed by atoms with van der Waals surface area (Å²) in [5.74, 6) is -0.815. The average molecular weight is 324 g/mol. The molecule has 1 saturated heterocycles. The Labute approximate surface area is 131 Å². The molecule has 1 heterocycles. The predicted octanol–water partition coefficient (Wildman–Crippen LogP) is 0.191. The van der Waals surface area contributed by atoms with E-state index in [1.165, 1.54) is 0 Å². The maximum absolute atomic E-state index is 12.1. The third-order valence-corrected chi connectivity index (χ3v) is 4.96. The van der Waals surface area contributed by atoms with Crippen molar-refractivity contribution in [2.24, 2.45) is 11.7 Å². The van der Waals surface area contributed by atoms with Gasteiger partial charge in [0.15, 0.2) is 0 Å². The number of nitrogens with two attached hydrogens (primary N) is 1. The number of benzene rings is 1. The van der Waals surface area contributed by atoms with Crippen LogP contribution in [0.4, 0.5) is 0 Å². The molecule has 2 amide bonds. The summed E-state index contributed by atoms with van der Waals surface area (Å²) in [6.07, 6.45) is 0.892. The lowest BCUT2D eigenvalue weighted by atomic mass is 10.1. The second-order valence-corrected chi connectivity index (χ2v) is 6.75. The molecule has 1 aromatic carbocycles. The Kier molecular flexibility index (Phi) is 6.09. The zero-order valence-corrected chi connectivity index (χ0v) is 13.0. The lowest BCUT2D eigenvalue weighted by molar-refractivity contribution is -0.129. The number of rotatable bonds is 7. The number of carbonyl (C=O) groups excluding carboxylic acids is 2. The van der Waals surface area contributed by atoms with Gasteiger partial charge in [-0.3, -0.25) is 13.8 Å². The maximum Gasteiger partial charge on any atom is 0.240 e. The lowest BCUT2D eigenvalue weighted by Gasteiger charge is -2.17. The second-order valence-electron chi connectivity index (χ2n) is 5.18. The highest BCUT2D eigenvalue weighted by molar-refractivity contribution is 7.85. The van der Waals surface area contributed by atoms with Crippen molar-refractivity contribution in [3.63, 3.8) is 0 Å². The maximum atomic E-state index is 12.1. The Hall–Kier alpha value is -1.73. The van der Waals surface area contributed by atoms with E-state index >= 15 is 0 Å². The minimum Gasteiger partial charge on any atom is -0.381 e. The fourth-order valence-electron chi connectivity index (χ4n) is 2.23. The van der Waals surface area contributed by atoms with Crippen molar-refractivity contribution in [2.75, 3.05) is 19.0 Å². The van der Waals surface area contributed by atoms with E-state index in [4.69, 9.17) is 10.5 Å². The zero-order chi connectivity index (χ0) is 15.9.